The molecule has 114 valence electrons. The molecule has 22 heavy (non-hydrogen) atoms. The first kappa shape index (κ1) is 14.6. The molecule has 2 N–H and O–H groups in total. The first-order valence-corrected chi connectivity index (χ1v) is 6.87. The van der Waals surface area contributed by atoms with Gasteiger partial charge in [-0.1, -0.05) is 12.1 Å². The molecule has 0 aliphatic rings. The van der Waals surface area contributed by atoms with Gasteiger partial charge in [0.25, 0.3) is 0 Å². The maximum absolute atomic E-state index is 13.5. The fourth-order valence-corrected chi connectivity index (χ4v) is 2.47. The smallest absolute Gasteiger partial charge is 0.161 e. The van der Waals surface area contributed by atoms with E-state index < -0.39 is 11.6 Å². The number of rotatable bonds is 4. The van der Waals surface area contributed by atoms with E-state index in [-0.39, 0.29) is 5.82 Å². The molecule has 0 atom stereocenters. The summed E-state index contributed by atoms with van der Waals surface area (Å²) in [6, 6.07) is 8.24. The van der Waals surface area contributed by atoms with Crippen LogP contribution in [0.15, 0.2) is 36.4 Å². The Morgan fingerprint density at radius 2 is 1.68 bits per heavy atom. The Balaban J connectivity index is 2.07. The zero-order chi connectivity index (χ0) is 15.7. The van der Waals surface area contributed by atoms with Crippen molar-refractivity contribution < 1.29 is 13.2 Å². The predicted octanol–water partition coefficient (Wildman–Crippen LogP) is 3.00. The summed E-state index contributed by atoms with van der Waals surface area (Å²) >= 11 is 0. The minimum atomic E-state index is -0.932. The monoisotopic (exact) mass is 305 g/mol. The molecule has 0 aliphatic carbocycles. The van der Waals surface area contributed by atoms with Crippen LogP contribution in [0.2, 0.25) is 0 Å². The van der Waals surface area contributed by atoms with Crippen molar-refractivity contribution in [2.45, 2.75) is 13.0 Å². The number of aromatic nitrogens is 2. The summed E-state index contributed by atoms with van der Waals surface area (Å²) < 4.78 is 41.5. The van der Waals surface area contributed by atoms with Gasteiger partial charge >= 0.3 is 0 Å². The number of fused-ring (bicyclic) bond motifs is 1. The van der Waals surface area contributed by atoms with Crippen molar-refractivity contribution in [2.75, 3.05) is 6.54 Å². The number of hydrogen-bond donors (Lipinski definition) is 1. The lowest BCUT2D eigenvalue weighted by Crippen LogP contribution is -2.13. The van der Waals surface area contributed by atoms with Gasteiger partial charge in [0.15, 0.2) is 11.6 Å². The molecule has 3 rings (SSSR count). The van der Waals surface area contributed by atoms with Gasteiger partial charge in [0, 0.05) is 31.6 Å². The van der Waals surface area contributed by atoms with Crippen LogP contribution in [0.1, 0.15) is 11.4 Å². The van der Waals surface area contributed by atoms with E-state index in [4.69, 9.17) is 5.73 Å². The molecule has 0 radical (unpaired) electrons. The van der Waals surface area contributed by atoms with Gasteiger partial charge in [-0.3, -0.25) is 0 Å². The van der Waals surface area contributed by atoms with Crippen molar-refractivity contribution in [3.8, 4) is 0 Å². The Morgan fingerprint density at radius 1 is 1.00 bits per heavy atom. The number of nitrogens with two attached hydrogens (primary N) is 1. The summed E-state index contributed by atoms with van der Waals surface area (Å²) in [5.74, 6) is -1.53. The molecule has 0 fully saturated rings. The van der Waals surface area contributed by atoms with Crippen LogP contribution in [0, 0.1) is 17.5 Å². The summed E-state index contributed by atoms with van der Waals surface area (Å²) in [6.07, 6.45) is 0.429. The average Bonchev–Trinajstić information content (AvgIpc) is 2.80. The summed E-state index contributed by atoms with van der Waals surface area (Å²) in [5.41, 5.74) is 7.33. The second kappa shape index (κ2) is 5.81. The number of nitrogens with zero attached hydrogens (tertiary/aromatic N) is 2. The van der Waals surface area contributed by atoms with Crippen LogP contribution in [0.25, 0.3) is 11.0 Å². The van der Waals surface area contributed by atoms with Crippen LogP contribution in [0.4, 0.5) is 13.2 Å². The van der Waals surface area contributed by atoms with Gasteiger partial charge in [-0.15, -0.1) is 0 Å². The van der Waals surface area contributed by atoms with Crippen molar-refractivity contribution in [1.29, 1.82) is 0 Å². The SMILES string of the molecule is NCCn1c(Cc2ccc(F)cc2)nc2cc(F)c(F)cc21. The fourth-order valence-electron chi connectivity index (χ4n) is 2.47. The number of benzene rings is 2. The molecule has 2 aromatic carbocycles. The van der Waals surface area contributed by atoms with E-state index >= 15 is 0 Å². The van der Waals surface area contributed by atoms with Crippen molar-refractivity contribution >= 4 is 11.0 Å². The molecular formula is C16H14F3N3. The first-order valence-electron chi connectivity index (χ1n) is 6.87. The minimum Gasteiger partial charge on any atom is -0.329 e. The second-order valence-electron chi connectivity index (χ2n) is 5.03. The molecule has 0 amide bonds. The highest BCUT2D eigenvalue weighted by Gasteiger charge is 2.14. The Morgan fingerprint density at radius 3 is 2.36 bits per heavy atom. The maximum atomic E-state index is 13.5. The molecule has 0 saturated carbocycles. The second-order valence-corrected chi connectivity index (χ2v) is 5.03. The van der Waals surface area contributed by atoms with E-state index in [1.54, 1.807) is 16.7 Å². The maximum Gasteiger partial charge on any atom is 0.161 e. The average molecular weight is 305 g/mol. The molecule has 0 bridgehead atoms. The van der Waals surface area contributed by atoms with E-state index in [1.165, 1.54) is 12.1 Å². The molecule has 3 aromatic rings. The standard InChI is InChI=1S/C16H14F3N3/c17-11-3-1-10(2-4-11)7-16-21-14-8-12(18)13(19)9-15(14)22(16)6-5-20/h1-4,8-9H,5-7,20H2. The lowest BCUT2D eigenvalue weighted by molar-refractivity contribution is 0.510. The lowest BCUT2D eigenvalue weighted by atomic mass is 10.1. The quantitative estimate of drug-likeness (QED) is 0.805. The van der Waals surface area contributed by atoms with Crippen molar-refractivity contribution in [1.82, 2.24) is 9.55 Å². The molecule has 0 spiro atoms. The number of halogens is 3. The largest absolute Gasteiger partial charge is 0.329 e. The molecule has 0 unspecified atom stereocenters. The highest BCUT2D eigenvalue weighted by atomic mass is 19.2. The van der Waals surface area contributed by atoms with Crippen LogP contribution >= 0.6 is 0 Å². The highest BCUT2D eigenvalue weighted by Crippen LogP contribution is 2.21. The fraction of sp³-hybridized carbons (Fsp3) is 0.188. The van der Waals surface area contributed by atoms with Crippen LogP contribution in [-0.4, -0.2) is 16.1 Å². The van der Waals surface area contributed by atoms with E-state index in [9.17, 15) is 13.2 Å². The van der Waals surface area contributed by atoms with E-state index in [0.717, 1.165) is 17.7 Å². The Kier molecular flexibility index (Phi) is 3.85. The van der Waals surface area contributed by atoms with Gasteiger partial charge in [-0.2, -0.15) is 0 Å². The van der Waals surface area contributed by atoms with Gasteiger partial charge in [-0.25, -0.2) is 18.2 Å². The van der Waals surface area contributed by atoms with Crippen LogP contribution in [0.5, 0.6) is 0 Å². The number of imidazole rings is 1. The molecule has 0 aliphatic heterocycles. The molecular weight excluding hydrogens is 291 g/mol. The summed E-state index contributed by atoms with van der Waals surface area (Å²) in [4.78, 5) is 4.36. The molecule has 1 heterocycles. The Bertz CT molecular complexity index is 810. The van der Waals surface area contributed by atoms with Crippen molar-refractivity contribution in [3.05, 3.63) is 65.2 Å². The van der Waals surface area contributed by atoms with Gasteiger partial charge < -0.3 is 10.3 Å². The van der Waals surface area contributed by atoms with Gasteiger partial charge in [-0.05, 0) is 17.7 Å². The third kappa shape index (κ3) is 2.69. The van der Waals surface area contributed by atoms with Gasteiger partial charge in [0.05, 0.1) is 11.0 Å². The normalized spacial score (nSPS) is 11.3. The zero-order valence-electron chi connectivity index (χ0n) is 11.7. The molecule has 3 nitrogen and oxygen atoms in total. The van der Waals surface area contributed by atoms with Crippen LogP contribution in [-0.2, 0) is 13.0 Å². The van der Waals surface area contributed by atoms with E-state index in [0.29, 0.717) is 36.4 Å². The van der Waals surface area contributed by atoms with Gasteiger partial charge in [0.1, 0.15) is 11.6 Å². The lowest BCUT2D eigenvalue weighted by Gasteiger charge is -2.08. The summed E-state index contributed by atoms with van der Waals surface area (Å²) in [7, 11) is 0. The summed E-state index contributed by atoms with van der Waals surface area (Å²) in [6.45, 7) is 0.791. The minimum absolute atomic E-state index is 0.316. The van der Waals surface area contributed by atoms with Crippen molar-refractivity contribution in [3.63, 3.8) is 0 Å². The first-order chi connectivity index (χ1) is 10.6. The third-order valence-electron chi connectivity index (χ3n) is 3.50. The highest BCUT2D eigenvalue weighted by molar-refractivity contribution is 5.76. The Labute approximate surface area is 125 Å². The Hall–Kier alpha value is -2.34. The topological polar surface area (TPSA) is 43.8 Å². The molecule has 6 heteroatoms. The van der Waals surface area contributed by atoms with Crippen LogP contribution in [0.3, 0.4) is 0 Å². The van der Waals surface area contributed by atoms with Crippen molar-refractivity contribution in [2.24, 2.45) is 5.73 Å². The zero-order valence-corrected chi connectivity index (χ0v) is 11.7. The van der Waals surface area contributed by atoms with E-state index in [1.807, 2.05) is 0 Å². The van der Waals surface area contributed by atoms with E-state index in [2.05, 4.69) is 4.98 Å². The van der Waals surface area contributed by atoms with Gasteiger partial charge in [0.2, 0.25) is 0 Å². The summed E-state index contributed by atoms with van der Waals surface area (Å²) in [5, 5.41) is 0. The third-order valence-corrected chi connectivity index (χ3v) is 3.50. The predicted molar refractivity (Wildman–Crippen MR) is 77.9 cm³/mol. The number of hydrogen-bond acceptors (Lipinski definition) is 2. The molecule has 1 aromatic heterocycles. The molecule has 0 saturated heterocycles. The van der Waals surface area contributed by atoms with Crippen LogP contribution < -0.4 is 5.73 Å².